The molecule has 0 fully saturated rings. The fraction of sp³-hybridized carbons (Fsp3) is 0.333. The zero-order chi connectivity index (χ0) is 21.2. The molecule has 0 aliphatic rings. The van der Waals surface area contributed by atoms with Crippen molar-refractivity contribution in [3.05, 3.63) is 65.7 Å². The third-order valence-corrected chi connectivity index (χ3v) is 6.34. The van der Waals surface area contributed by atoms with Crippen LogP contribution in [-0.2, 0) is 10.0 Å². The Morgan fingerprint density at radius 1 is 0.862 bits per heavy atom. The maximum atomic E-state index is 13.1. The Bertz CT molecular complexity index is 1090. The van der Waals surface area contributed by atoms with E-state index in [1.807, 2.05) is 49.4 Å². The molecule has 3 rings (SSSR count). The number of hydrogen-bond acceptors (Lipinski definition) is 3. The van der Waals surface area contributed by atoms with Crippen molar-refractivity contribution in [3.8, 4) is 5.75 Å². The molecule has 0 unspecified atom stereocenters. The average molecular weight is 412 g/mol. The highest BCUT2D eigenvalue weighted by atomic mass is 32.2. The number of benzene rings is 3. The molecule has 154 valence electrons. The molecular weight excluding hydrogens is 382 g/mol. The number of anilines is 1. The van der Waals surface area contributed by atoms with E-state index in [-0.39, 0.29) is 16.7 Å². The lowest BCUT2D eigenvalue weighted by molar-refractivity contribution is 0.330. The monoisotopic (exact) mass is 411 g/mol. The van der Waals surface area contributed by atoms with E-state index in [0.717, 1.165) is 27.6 Å². The summed E-state index contributed by atoms with van der Waals surface area (Å²) in [4.78, 5) is 0.252. The lowest BCUT2D eigenvalue weighted by Gasteiger charge is -2.21. The fourth-order valence-corrected chi connectivity index (χ4v) is 4.53. The molecule has 0 saturated carbocycles. The molecule has 5 heteroatoms. The first kappa shape index (κ1) is 21.2. The first-order valence-electron chi connectivity index (χ1n) is 10.0. The van der Waals surface area contributed by atoms with Crippen LogP contribution >= 0.6 is 0 Å². The number of hydrogen-bond donors (Lipinski definition) is 1. The van der Waals surface area contributed by atoms with Crippen molar-refractivity contribution in [2.45, 2.75) is 51.3 Å². The van der Waals surface area contributed by atoms with Crippen LogP contribution in [0.4, 0.5) is 5.69 Å². The lowest BCUT2D eigenvalue weighted by atomic mass is 9.93. The Morgan fingerprint density at radius 2 is 1.45 bits per heavy atom. The summed E-state index contributed by atoms with van der Waals surface area (Å²) < 4.78 is 34.9. The molecule has 0 amide bonds. The second-order valence-electron chi connectivity index (χ2n) is 7.84. The topological polar surface area (TPSA) is 55.4 Å². The van der Waals surface area contributed by atoms with Crippen LogP contribution in [0.3, 0.4) is 0 Å². The van der Waals surface area contributed by atoms with E-state index in [9.17, 15) is 8.42 Å². The number of fused-ring (bicyclic) bond motifs is 1. The maximum absolute atomic E-state index is 13.1. The van der Waals surface area contributed by atoms with Crippen molar-refractivity contribution in [3.63, 3.8) is 0 Å². The molecule has 29 heavy (non-hydrogen) atoms. The summed E-state index contributed by atoms with van der Waals surface area (Å²) in [5, 5.41) is 1.91. The summed E-state index contributed by atoms with van der Waals surface area (Å²) in [7, 11) is -3.71. The van der Waals surface area contributed by atoms with Gasteiger partial charge in [0.25, 0.3) is 10.0 Å². The van der Waals surface area contributed by atoms with Gasteiger partial charge < -0.3 is 4.74 Å². The molecule has 0 aliphatic heterocycles. The van der Waals surface area contributed by atoms with E-state index >= 15 is 0 Å². The zero-order valence-electron chi connectivity index (χ0n) is 17.7. The third-order valence-electron chi connectivity index (χ3n) is 4.96. The number of sulfonamides is 1. The lowest BCUT2D eigenvalue weighted by Crippen LogP contribution is -2.14. The first-order valence-corrected chi connectivity index (χ1v) is 11.5. The van der Waals surface area contributed by atoms with Gasteiger partial charge in [0.15, 0.2) is 0 Å². The summed E-state index contributed by atoms with van der Waals surface area (Å²) in [6, 6.07) is 16.7. The molecule has 0 aliphatic carbocycles. The van der Waals surface area contributed by atoms with E-state index < -0.39 is 10.0 Å². The van der Waals surface area contributed by atoms with Crippen LogP contribution in [0.1, 0.15) is 57.6 Å². The van der Waals surface area contributed by atoms with Crippen molar-refractivity contribution in [2.24, 2.45) is 0 Å². The molecule has 0 heterocycles. The average Bonchev–Trinajstić information content (AvgIpc) is 2.68. The van der Waals surface area contributed by atoms with Gasteiger partial charge in [-0.2, -0.15) is 0 Å². The third kappa shape index (κ3) is 4.56. The Labute approximate surface area is 174 Å². The van der Waals surface area contributed by atoms with Crippen molar-refractivity contribution >= 4 is 26.5 Å². The van der Waals surface area contributed by atoms with Crippen LogP contribution in [0.2, 0.25) is 0 Å². The fourth-order valence-electron chi connectivity index (χ4n) is 3.45. The molecule has 1 N–H and O–H groups in total. The summed E-state index contributed by atoms with van der Waals surface area (Å²) in [5.74, 6) is 1.28. The van der Waals surface area contributed by atoms with Gasteiger partial charge in [0.2, 0.25) is 0 Å². The van der Waals surface area contributed by atoms with Crippen molar-refractivity contribution in [2.75, 3.05) is 11.3 Å². The van der Waals surface area contributed by atoms with Crippen molar-refractivity contribution in [1.29, 1.82) is 0 Å². The minimum Gasteiger partial charge on any atom is -0.493 e. The number of rotatable bonds is 7. The van der Waals surface area contributed by atoms with Crippen molar-refractivity contribution in [1.82, 2.24) is 0 Å². The standard InChI is InChI=1S/C24H29NO3S/c1-6-28-24-22(16(2)3)14-20(15-23(24)17(4)5)25-29(26,27)21-12-11-18-9-7-8-10-19(18)13-21/h7-17,25H,6H2,1-5H3. The number of ether oxygens (including phenoxy) is 1. The van der Waals surface area contributed by atoms with Gasteiger partial charge in [-0.15, -0.1) is 0 Å². The largest absolute Gasteiger partial charge is 0.493 e. The molecule has 0 bridgehead atoms. The normalized spacial score (nSPS) is 12.0. The van der Waals surface area contributed by atoms with Gasteiger partial charge in [0.1, 0.15) is 5.75 Å². The molecule has 0 atom stereocenters. The second kappa shape index (κ2) is 8.46. The molecule has 0 aromatic heterocycles. The number of nitrogens with one attached hydrogen (secondary N) is 1. The van der Waals surface area contributed by atoms with E-state index in [0.29, 0.717) is 12.3 Å². The molecule has 3 aromatic rings. The van der Waals surface area contributed by atoms with E-state index in [2.05, 4.69) is 32.4 Å². The summed E-state index contributed by atoms with van der Waals surface area (Å²) in [6.07, 6.45) is 0. The maximum Gasteiger partial charge on any atom is 0.261 e. The van der Waals surface area contributed by atoms with Crippen LogP contribution in [0.5, 0.6) is 5.75 Å². The van der Waals surface area contributed by atoms with Gasteiger partial charge in [-0.1, -0.05) is 58.0 Å². The smallest absolute Gasteiger partial charge is 0.261 e. The summed E-state index contributed by atoms with van der Waals surface area (Å²) in [5.41, 5.74) is 2.58. The van der Waals surface area contributed by atoms with Crippen LogP contribution in [0.25, 0.3) is 10.8 Å². The van der Waals surface area contributed by atoms with E-state index in [4.69, 9.17) is 4.74 Å². The molecule has 0 saturated heterocycles. The van der Waals surface area contributed by atoms with Gasteiger partial charge in [0.05, 0.1) is 11.5 Å². The van der Waals surface area contributed by atoms with Crippen molar-refractivity contribution < 1.29 is 13.2 Å². The molecule has 3 aromatic carbocycles. The van der Waals surface area contributed by atoms with Crippen LogP contribution in [0.15, 0.2) is 59.5 Å². The second-order valence-corrected chi connectivity index (χ2v) is 9.52. The highest BCUT2D eigenvalue weighted by Crippen LogP contribution is 2.38. The SMILES string of the molecule is CCOc1c(C(C)C)cc(NS(=O)(=O)c2ccc3ccccc3c2)cc1C(C)C. The van der Waals surface area contributed by atoms with Crippen LogP contribution < -0.4 is 9.46 Å². The Balaban J connectivity index is 2.05. The highest BCUT2D eigenvalue weighted by molar-refractivity contribution is 7.92. The van der Waals surface area contributed by atoms with Gasteiger partial charge in [-0.05, 0) is 64.9 Å². The minimum atomic E-state index is -3.71. The minimum absolute atomic E-state index is 0.208. The first-order chi connectivity index (χ1) is 13.7. The van der Waals surface area contributed by atoms with Crippen LogP contribution in [0, 0.1) is 0 Å². The van der Waals surface area contributed by atoms with E-state index in [1.165, 1.54) is 0 Å². The summed E-state index contributed by atoms with van der Waals surface area (Å²) in [6.45, 7) is 10.9. The predicted molar refractivity (Wildman–Crippen MR) is 121 cm³/mol. The quantitative estimate of drug-likeness (QED) is 0.497. The molecular formula is C24H29NO3S. The van der Waals surface area contributed by atoms with Crippen LogP contribution in [-0.4, -0.2) is 15.0 Å². The van der Waals surface area contributed by atoms with Gasteiger partial charge >= 0.3 is 0 Å². The highest BCUT2D eigenvalue weighted by Gasteiger charge is 2.20. The zero-order valence-corrected chi connectivity index (χ0v) is 18.5. The molecule has 0 radical (unpaired) electrons. The molecule has 0 spiro atoms. The van der Waals surface area contributed by atoms with Gasteiger partial charge in [0, 0.05) is 5.69 Å². The van der Waals surface area contributed by atoms with E-state index in [1.54, 1.807) is 12.1 Å². The summed E-state index contributed by atoms with van der Waals surface area (Å²) >= 11 is 0. The molecule has 4 nitrogen and oxygen atoms in total. The Kier molecular flexibility index (Phi) is 6.18. The Hall–Kier alpha value is -2.53. The predicted octanol–water partition coefficient (Wildman–Crippen LogP) is 6.29. The van der Waals surface area contributed by atoms with Gasteiger partial charge in [-0.25, -0.2) is 8.42 Å². The van der Waals surface area contributed by atoms with Gasteiger partial charge in [-0.3, -0.25) is 4.72 Å². The Morgan fingerprint density at radius 3 is 2.00 bits per heavy atom.